The molecule has 1 aromatic heterocycles. The third-order valence-corrected chi connectivity index (χ3v) is 5.82. The molecule has 0 bridgehead atoms. The first-order valence-corrected chi connectivity index (χ1v) is 11.6. The summed E-state index contributed by atoms with van der Waals surface area (Å²) >= 11 is 5.95. The van der Waals surface area contributed by atoms with Crippen LogP contribution in [0.4, 0.5) is 0 Å². The second kappa shape index (κ2) is 10.9. The van der Waals surface area contributed by atoms with Gasteiger partial charge in [-0.2, -0.15) is 0 Å². The van der Waals surface area contributed by atoms with Crippen molar-refractivity contribution in [3.8, 4) is 0 Å². The van der Waals surface area contributed by atoms with E-state index >= 15 is 0 Å². The zero-order chi connectivity index (χ0) is 23.0. The molecular weight excluding hydrogens is 434 g/mol. The Labute approximate surface area is 198 Å². The SMILES string of the molecule is O=C(Cn1c(CCCCCNC(=O)c2cccc(Cl)c2)nc2ccccc21)c1ccccc1. The first-order chi connectivity index (χ1) is 16.1. The van der Waals surface area contributed by atoms with Crippen LogP contribution in [-0.2, 0) is 13.0 Å². The number of hydrogen-bond donors (Lipinski definition) is 1. The predicted molar refractivity (Wildman–Crippen MR) is 132 cm³/mol. The average molecular weight is 460 g/mol. The molecule has 3 aromatic carbocycles. The number of para-hydroxylation sites is 2. The summed E-state index contributed by atoms with van der Waals surface area (Å²) in [6, 6.07) is 24.2. The van der Waals surface area contributed by atoms with Crippen molar-refractivity contribution in [2.45, 2.75) is 32.2 Å². The van der Waals surface area contributed by atoms with Crippen LogP contribution in [0, 0.1) is 0 Å². The maximum absolute atomic E-state index is 12.8. The summed E-state index contributed by atoms with van der Waals surface area (Å²) in [5.41, 5.74) is 3.16. The van der Waals surface area contributed by atoms with Crippen LogP contribution in [0.1, 0.15) is 45.8 Å². The quantitative estimate of drug-likeness (QED) is 0.244. The summed E-state index contributed by atoms with van der Waals surface area (Å²) in [7, 11) is 0. The van der Waals surface area contributed by atoms with Gasteiger partial charge in [0, 0.05) is 29.1 Å². The van der Waals surface area contributed by atoms with E-state index in [0.29, 0.717) is 22.7 Å². The monoisotopic (exact) mass is 459 g/mol. The Morgan fingerprint density at radius 1 is 0.848 bits per heavy atom. The summed E-state index contributed by atoms with van der Waals surface area (Å²) in [5.74, 6) is 0.880. The minimum Gasteiger partial charge on any atom is -0.352 e. The van der Waals surface area contributed by atoms with Gasteiger partial charge in [0.2, 0.25) is 0 Å². The lowest BCUT2D eigenvalue weighted by Gasteiger charge is -2.09. The number of imidazole rings is 1. The highest BCUT2D eigenvalue weighted by atomic mass is 35.5. The molecular formula is C27H26ClN3O2. The minimum absolute atomic E-state index is 0.0729. The van der Waals surface area contributed by atoms with Gasteiger partial charge in [-0.05, 0) is 43.2 Å². The van der Waals surface area contributed by atoms with Crippen LogP contribution in [0.15, 0.2) is 78.9 Å². The highest BCUT2D eigenvalue weighted by Gasteiger charge is 2.14. The Morgan fingerprint density at radius 2 is 1.61 bits per heavy atom. The van der Waals surface area contributed by atoms with Gasteiger partial charge in [0.1, 0.15) is 5.82 Å². The number of halogens is 1. The van der Waals surface area contributed by atoms with Crippen molar-refractivity contribution >= 4 is 34.3 Å². The molecule has 0 unspecified atom stereocenters. The summed E-state index contributed by atoms with van der Waals surface area (Å²) in [4.78, 5) is 29.8. The normalized spacial score (nSPS) is 10.9. The molecule has 0 atom stereocenters. The smallest absolute Gasteiger partial charge is 0.251 e. The predicted octanol–water partition coefficient (Wildman–Crippen LogP) is 5.72. The topological polar surface area (TPSA) is 64.0 Å². The number of nitrogens with one attached hydrogen (secondary N) is 1. The van der Waals surface area contributed by atoms with Crippen molar-refractivity contribution in [3.05, 3.63) is 101 Å². The number of hydrogen-bond acceptors (Lipinski definition) is 3. The van der Waals surface area contributed by atoms with E-state index in [-0.39, 0.29) is 18.2 Å². The van der Waals surface area contributed by atoms with Gasteiger partial charge in [-0.1, -0.05) is 66.6 Å². The minimum atomic E-state index is -0.112. The van der Waals surface area contributed by atoms with E-state index in [2.05, 4.69) is 5.32 Å². The van der Waals surface area contributed by atoms with Gasteiger partial charge in [0.05, 0.1) is 17.6 Å². The molecule has 6 heteroatoms. The van der Waals surface area contributed by atoms with E-state index in [1.54, 1.807) is 24.3 Å². The van der Waals surface area contributed by atoms with Gasteiger partial charge in [-0.25, -0.2) is 4.98 Å². The molecule has 0 spiro atoms. The van der Waals surface area contributed by atoms with Gasteiger partial charge < -0.3 is 9.88 Å². The van der Waals surface area contributed by atoms with Gasteiger partial charge in [0.25, 0.3) is 5.91 Å². The third kappa shape index (κ3) is 5.88. The number of amides is 1. The Bertz CT molecular complexity index is 1250. The molecule has 1 amide bonds. The molecule has 0 aliphatic heterocycles. The van der Waals surface area contributed by atoms with Crippen LogP contribution in [0.25, 0.3) is 11.0 Å². The second-order valence-corrected chi connectivity index (χ2v) is 8.41. The number of nitrogens with zero attached hydrogens (tertiary/aromatic N) is 2. The highest BCUT2D eigenvalue weighted by Crippen LogP contribution is 2.19. The van der Waals surface area contributed by atoms with Crippen molar-refractivity contribution < 1.29 is 9.59 Å². The summed E-state index contributed by atoms with van der Waals surface area (Å²) < 4.78 is 2.03. The highest BCUT2D eigenvalue weighted by molar-refractivity contribution is 6.30. The van der Waals surface area contributed by atoms with Crippen LogP contribution in [0.2, 0.25) is 5.02 Å². The molecule has 4 rings (SSSR count). The number of carbonyl (C=O) groups excluding carboxylic acids is 2. The van der Waals surface area contributed by atoms with Crippen molar-refractivity contribution in [2.75, 3.05) is 6.54 Å². The molecule has 5 nitrogen and oxygen atoms in total. The molecule has 0 radical (unpaired) electrons. The summed E-state index contributed by atoms with van der Waals surface area (Å²) in [6.45, 7) is 0.879. The van der Waals surface area contributed by atoms with Crippen molar-refractivity contribution in [1.82, 2.24) is 14.9 Å². The number of benzene rings is 3. The molecule has 0 saturated carbocycles. The average Bonchev–Trinajstić information content (AvgIpc) is 3.18. The van der Waals surface area contributed by atoms with E-state index < -0.39 is 0 Å². The maximum Gasteiger partial charge on any atom is 0.251 e. The number of Topliss-reactive ketones (excluding diaryl/α,β-unsaturated/α-hetero) is 1. The maximum atomic E-state index is 12.8. The number of ketones is 1. The Hall–Kier alpha value is -3.44. The molecule has 0 saturated heterocycles. The number of aromatic nitrogens is 2. The van der Waals surface area contributed by atoms with E-state index in [4.69, 9.17) is 16.6 Å². The molecule has 0 aliphatic rings. The Morgan fingerprint density at radius 3 is 2.42 bits per heavy atom. The standard InChI is InChI=1S/C27H26ClN3O2/c28-22-13-9-12-21(18-22)27(33)29-17-8-2-5-16-26-30-23-14-6-7-15-24(23)31(26)19-25(32)20-10-3-1-4-11-20/h1,3-4,6-7,9-15,18H,2,5,8,16-17,19H2,(H,29,33). The third-order valence-electron chi connectivity index (χ3n) is 5.58. The number of carbonyl (C=O) groups is 2. The largest absolute Gasteiger partial charge is 0.352 e. The fourth-order valence-electron chi connectivity index (χ4n) is 3.87. The number of aryl methyl sites for hydroxylation is 1. The van der Waals surface area contributed by atoms with Crippen LogP contribution in [-0.4, -0.2) is 27.8 Å². The van der Waals surface area contributed by atoms with Crippen LogP contribution in [0.5, 0.6) is 0 Å². The summed E-state index contributed by atoms with van der Waals surface area (Å²) in [5, 5.41) is 3.49. The lowest BCUT2D eigenvalue weighted by molar-refractivity contribution is 0.0950. The van der Waals surface area contributed by atoms with E-state index in [1.165, 1.54) is 0 Å². The van der Waals surface area contributed by atoms with Crippen molar-refractivity contribution in [3.63, 3.8) is 0 Å². The van der Waals surface area contributed by atoms with Gasteiger partial charge in [-0.15, -0.1) is 0 Å². The van der Waals surface area contributed by atoms with E-state index in [9.17, 15) is 9.59 Å². The molecule has 168 valence electrons. The van der Waals surface area contributed by atoms with E-state index in [1.807, 2.05) is 59.2 Å². The van der Waals surface area contributed by atoms with Crippen LogP contribution >= 0.6 is 11.6 Å². The van der Waals surface area contributed by atoms with Crippen LogP contribution < -0.4 is 5.32 Å². The fraction of sp³-hybridized carbons (Fsp3) is 0.222. The molecule has 0 fully saturated rings. The zero-order valence-corrected chi connectivity index (χ0v) is 19.1. The number of unbranched alkanes of at least 4 members (excludes halogenated alkanes) is 2. The fourth-order valence-corrected chi connectivity index (χ4v) is 4.06. The van der Waals surface area contributed by atoms with Crippen molar-refractivity contribution in [2.24, 2.45) is 0 Å². The summed E-state index contributed by atoms with van der Waals surface area (Å²) in [6.07, 6.45) is 3.52. The van der Waals surface area contributed by atoms with Gasteiger partial charge in [0.15, 0.2) is 5.78 Å². The van der Waals surface area contributed by atoms with Crippen LogP contribution in [0.3, 0.4) is 0 Å². The zero-order valence-electron chi connectivity index (χ0n) is 18.3. The Balaban J connectivity index is 1.32. The lowest BCUT2D eigenvalue weighted by atomic mass is 10.1. The van der Waals surface area contributed by atoms with E-state index in [0.717, 1.165) is 42.5 Å². The molecule has 0 aliphatic carbocycles. The Kier molecular flexibility index (Phi) is 7.53. The van der Waals surface area contributed by atoms with Gasteiger partial charge in [-0.3, -0.25) is 9.59 Å². The number of fused-ring (bicyclic) bond motifs is 1. The first-order valence-electron chi connectivity index (χ1n) is 11.2. The molecule has 4 aromatic rings. The molecule has 1 heterocycles. The lowest BCUT2D eigenvalue weighted by Crippen LogP contribution is -2.24. The number of rotatable bonds is 10. The second-order valence-electron chi connectivity index (χ2n) is 7.97. The van der Waals surface area contributed by atoms with Gasteiger partial charge >= 0.3 is 0 Å². The first kappa shape index (κ1) is 22.7. The molecule has 1 N–H and O–H groups in total. The molecule has 33 heavy (non-hydrogen) atoms. The van der Waals surface area contributed by atoms with Crippen molar-refractivity contribution in [1.29, 1.82) is 0 Å².